The predicted molar refractivity (Wildman–Crippen MR) is 80.2 cm³/mol. The number of aromatic nitrogens is 1. The summed E-state index contributed by atoms with van der Waals surface area (Å²) >= 11 is 0. The molecule has 2 nitrogen and oxygen atoms in total. The summed E-state index contributed by atoms with van der Waals surface area (Å²) in [7, 11) is 0. The van der Waals surface area contributed by atoms with Crippen LogP contribution in [0, 0.1) is 12.7 Å². The molecular weight excluding hydrogens is 251 g/mol. The molecule has 3 aromatic rings. The van der Waals surface area contributed by atoms with E-state index >= 15 is 0 Å². The molecule has 1 aromatic heterocycles. The van der Waals surface area contributed by atoms with Crippen molar-refractivity contribution in [3.8, 4) is 0 Å². The van der Waals surface area contributed by atoms with Crippen molar-refractivity contribution in [1.29, 1.82) is 0 Å². The Morgan fingerprint density at radius 1 is 1.05 bits per heavy atom. The highest BCUT2D eigenvalue weighted by molar-refractivity contribution is 5.82. The molecule has 0 spiro atoms. The van der Waals surface area contributed by atoms with E-state index in [1.807, 2.05) is 43.3 Å². The van der Waals surface area contributed by atoms with Crippen LogP contribution in [0.25, 0.3) is 10.9 Å². The minimum Gasteiger partial charge on any atom is -0.378 e. The van der Waals surface area contributed by atoms with Crippen molar-refractivity contribution in [1.82, 2.24) is 4.98 Å². The second-order valence-corrected chi connectivity index (χ2v) is 4.77. The van der Waals surface area contributed by atoms with E-state index in [0.29, 0.717) is 12.2 Å². The quantitative estimate of drug-likeness (QED) is 0.764. The zero-order valence-electron chi connectivity index (χ0n) is 11.2. The first-order valence-corrected chi connectivity index (χ1v) is 6.57. The Balaban J connectivity index is 1.91. The summed E-state index contributed by atoms with van der Waals surface area (Å²) in [6.45, 7) is 2.47. The number of fused-ring (bicyclic) bond motifs is 1. The van der Waals surface area contributed by atoms with Crippen molar-refractivity contribution in [2.24, 2.45) is 0 Å². The summed E-state index contributed by atoms with van der Waals surface area (Å²) in [5.74, 6) is -0.219. The summed E-state index contributed by atoms with van der Waals surface area (Å²) in [6, 6.07) is 15.0. The number of para-hydroxylation sites is 2. The lowest BCUT2D eigenvalue weighted by atomic mass is 10.1. The van der Waals surface area contributed by atoms with Crippen LogP contribution in [0.3, 0.4) is 0 Å². The standard InChI is InChI=1S/C17H15FN2/c1-12-5-4-7-15(18)17(12)20-11-13-9-10-19-16-8-3-2-6-14(13)16/h2-10,20H,11H2,1H3. The molecule has 100 valence electrons. The van der Waals surface area contributed by atoms with Gasteiger partial charge in [-0.1, -0.05) is 30.3 Å². The van der Waals surface area contributed by atoms with E-state index in [9.17, 15) is 4.39 Å². The minimum atomic E-state index is -0.219. The molecule has 0 aliphatic carbocycles. The molecule has 0 saturated carbocycles. The van der Waals surface area contributed by atoms with E-state index in [4.69, 9.17) is 0 Å². The highest BCUT2D eigenvalue weighted by Gasteiger charge is 2.06. The number of rotatable bonds is 3. The zero-order chi connectivity index (χ0) is 13.9. The molecule has 0 bridgehead atoms. The molecule has 1 N–H and O–H groups in total. The molecule has 0 saturated heterocycles. The van der Waals surface area contributed by atoms with Gasteiger partial charge in [0, 0.05) is 18.1 Å². The third-order valence-electron chi connectivity index (χ3n) is 3.42. The summed E-state index contributed by atoms with van der Waals surface area (Å²) in [5.41, 5.74) is 3.53. The molecule has 0 unspecified atom stereocenters. The Labute approximate surface area is 117 Å². The Morgan fingerprint density at radius 3 is 2.75 bits per heavy atom. The molecule has 0 aliphatic rings. The molecule has 0 fully saturated rings. The number of benzene rings is 2. The van der Waals surface area contributed by atoms with Gasteiger partial charge in [-0.25, -0.2) is 4.39 Å². The van der Waals surface area contributed by atoms with Gasteiger partial charge in [-0.05, 0) is 36.2 Å². The summed E-state index contributed by atoms with van der Waals surface area (Å²) in [5, 5.41) is 4.28. The fourth-order valence-electron chi connectivity index (χ4n) is 2.35. The highest BCUT2D eigenvalue weighted by atomic mass is 19.1. The van der Waals surface area contributed by atoms with Crippen LogP contribution in [-0.2, 0) is 6.54 Å². The Kier molecular flexibility index (Phi) is 3.33. The molecular formula is C17H15FN2. The van der Waals surface area contributed by atoms with Crippen LogP contribution in [0.4, 0.5) is 10.1 Å². The highest BCUT2D eigenvalue weighted by Crippen LogP contribution is 2.21. The number of anilines is 1. The molecule has 3 heteroatoms. The number of pyridine rings is 1. The number of hydrogen-bond donors (Lipinski definition) is 1. The van der Waals surface area contributed by atoms with Crippen LogP contribution in [0.2, 0.25) is 0 Å². The number of hydrogen-bond acceptors (Lipinski definition) is 2. The van der Waals surface area contributed by atoms with Gasteiger partial charge >= 0.3 is 0 Å². The van der Waals surface area contributed by atoms with Crippen molar-refractivity contribution in [3.63, 3.8) is 0 Å². The maximum Gasteiger partial charge on any atom is 0.146 e. The monoisotopic (exact) mass is 266 g/mol. The Bertz CT molecular complexity index is 727. The van der Waals surface area contributed by atoms with Crippen LogP contribution in [0.5, 0.6) is 0 Å². The van der Waals surface area contributed by atoms with Crippen LogP contribution in [0.1, 0.15) is 11.1 Å². The maximum atomic E-state index is 13.8. The Hall–Kier alpha value is -2.42. The van der Waals surface area contributed by atoms with Gasteiger partial charge in [0.25, 0.3) is 0 Å². The molecule has 0 radical (unpaired) electrons. The first kappa shape index (κ1) is 12.6. The van der Waals surface area contributed by atoms with E-state index in [1.165, 1.54) is 6.07 Å². The summed E-state index contributed by atoms with van der Waals surface area (Å²) < 4.78 is 13.8. The van der Waals surface area contributed by atoms with E-state index in [2.05, 4.69) is 10.3 Å². The lowest BCUT2D eigenvalue weighted by molar-refractivity contribution is 0.629. The topological polar surface area (TPSA) is 24.9 Å². The average Bonchev–Trinajstić information content (AvgIpc) is 2.47. The molecule has 0 atom stereocenters. The normalized spacial score (nSPS) is 10.7. The molecule has 2 aromatic carbocycles. The second-order valence-electron chi connectivity index (χ2n) is 4.77. The van der Waals surface area contributed by atoms with Gasteiger partial charge in [-0.2, -0.15) is 0 Å². The van der Waals surface area contributed by atoms with Crippen molar-refractivity contribution < 1.29 is 4.39 Å². The molecule has 0 aliphatic heterocycles. The van der Waals surface area contributed by atoms with Crippen LogP contribution in [-0.4, -0.2) is 4.98 Å². The third-order valence-corrected chi connectivity index (χ3v) is 3.42. The SMILES string of the molecule is Cc1cccc(F)c1NCc1ccnc2ccccc12. The van der Waals surface area contributed by atoms with Gasteiger partial charge in [0.1, 0.15) is 5.82 Å². The zero-order valence-corrected chi connectivity index (χ0v) is 11.2. The summed E-state index contributed by atoms with van der Waals surface area (Å²) in [6.07, 6.45) is 1.79. The third kappa shape index (κ3) is 2.35. The lowest BCUT2D eigenvalue weighted by Crippen LogP contribution is -2.04. The van der Waals surface area contributed by atoms with Crippen LogP contribution >= 0.6 is 0 Å². The fraction of sp³-hybridized carbons (Fsp3) is 0.118. The van der Waals surface area contributed by atoms with Gasteiger partial charge < -0.3 is 5.32 Å². The predicted octanol–water partition coefficient (Wildman–Crippen LogP) is 4.29. The van der Waals surface area contributed by atoms with E-state index in [1.54, 1.807) is 12.3 Å². The van der Waals surface area contributed by atoms with Gasteiger partial charge in [0.05, 0.1) is 11.2 Å². The van der Waals surface area contributed by atoms with E-state index in [0.717, 1.165) is 22.0 Å². The van der Waals surface area contributed by atoms with Crippen LogP contribution in [0.15, 0.2) is 54.7 Å². The fourth-order valence-corrected chi connectivity index (χ4v) is 2.35. The van der Waals surface area contributed by atoms with Gasteiger partial charge in [0.2, 0.25) is 0 Å². The minimum absolute atomic E-state index is 0.219. The van der Waals surface area contributed by atoms with Crippen LogP contribution < -0.4 is 5.32 Å². The van der Waals surface area contributed by atoms with Crippen molar-refractivity contribution >= 4 is 16.6 Å². The molecule has 3 rings (SSSR count). The van der Waals surface area contributed by atoms with E-state index < -0.39 is 0 Å². The molecule has 1 heterocycles. The van der Waals surface area contributed by atoms with Crippen molar-refractivity contribution in [2.75, 3.05) is 5.32 Å². The van der Waals surface area contributed by atoms with Crippen molar-refractivity contribution in [2.45, 2.75) is 13.5 Å². The van der Waals surface area contributed by atoms with E-state index in [-0.39, 0.29) is 5.82 Å². The summed E-state index contributed by atoms with van der Waals surface area (Å²) in [4.78, 5) is 4.33. The number of nitrogens with zero attached hydrogens (tertiary/aromatic N) is 1. The van der Waals surface area contributed by atoms with Gasteiger partial charge in [0.15, 0.2) is 0 Å². The van der Waals surface area contributed by atoms with Gasteiger partial charge in [-0.15, -0.1) is 0 Å². The molecule has 0 amide bonds. The van der Waals surface area contributed by atoms with Gasteiger partial charge in [-0.3, -0.25) is 4.98 Å². The first-order valence-electron chi connectivity index (χ1n) is 6.57. The first-order chi connectivity index (χ1) is 9.75. The lowest BCUT2D eigenvalue weighted by Gasteiger charge is -2.12. The average molecular weight is 266 g/mol. The largest absolute Gasteiger partial charge is 0.378 e. The maximum absolute atomic E-state index is 13.8. The Morgan fingerprint density at radius 2 is 1.90 bits per heavy atom. The number of halogens is 1. The number of aryl methyl sites for hydroxylation is 1. The van der Waals surface area contributed by atoms with Crippen molar-refractivity contribution in [3.05, 3.63) is 71.7 Å². The smallest absolute Gasteiger partial charge is 0.146 e. The second kappa shape index (κ2) is 5.29. The molecule has 20 heavy (non-hydrogen) atoms. The number of nitrogens with one attached hydrogen (secondary N) is 1.